The lowest BCUT2D eigenvalue weighted by Gasteiger charge is -2.29. The summed E-state index contributed by atoms with van der Waals surface area (Å²) in [5, 5.41) is 3.41. The lowest BCUT2D eigenvalue weighted by molar-refractivity contribution is 0.181. The number of rotatable bonds is 6. The van der Waals surface area contributed by atoms with E-state index in [4.69, 9.17) is 4.74 Å². The van der Waals surface area contributed by atoms with E-state index in [0.717, 1.165) is 37.7 Å². The molecule has 1 aromatic rings. The molecule has 0 saturated carbocycles. The van der Waals surface area contributed by atoms with Crippen LogP contribution in [0.3, 0.4) is 0 Å². The van der Waals surface area contributed by atoms with Gasteiger partial charge in [-0.15, -0.1) is 0 Å². The van der Waals surface area contributed by atoms with Crippen LogP contribution < -0.4 is 5.32 Å². The van der Waals surface area contributed by atoms with Gasteiger partial charge < -0.3 is 19.9 Å². The van der Waals surface area contributed by atoms with Crippen LogP contribution in [0.2, 0.25) is 0 Å². The van der Waals surface area contributed by atoms with Crippen LogP contribution in [0.25, 0.3) is 0 Å². The molecule has 1 aromatic carbocycles. The standard InChI is InChI=1S/C18H29FN4O/c1-20-18(23(4)12-14-8-9-24-13-14)21-11-17(22(2)3)15-6-5-7-16(19)10-15/h5-7,10,14,17H,8-9,11-13H2,1-4H3,(H,20,21). The SMILES string of the molecule is CN=C(NCC(c1cccc(F)c1)N(C)C)N(C)CC1CCOC1. The predicted octanol–water partition coefficient (Wildman–Crippen LogP) is 1.97. The van der Waals surface area contributed by atoms with Gasteiger partial charge in [0.05, 0.1) is 12.6 Å². The van der Waals surface area contributed by atoms with Crippen molar-refractivity contribution in [1.29, 1.82) is 0 Å². The van der Waals surface area contributed by atoms with Gasteiger partial charge in [0, 0.05) is 39.7 Å². The van der Waals surface area contributed by atoms with Gasteiger partial charge in [-0.1, -0.05) is 12.1 Å². The lowest BCUT2D eigenvalue weighted by atomic mass is 10.1. The summed E-state index contributed by atoms with van der Waals surface area (Å²) in [6.45, 7) is 3.26. The molecular weight excluding hydrogens is 307 g/mol. The number of hydrogen-bond donors (Lipinski definition) is 1. The molecular formula is C18H29FN4O. The molecule has 0 radical (unpaired) electrons. The molecule has 1 aliphatic heterocycles. The molecule has 1 aliphatic rings. The van der Waals surface area contributed by atoms with Crippen LogP contribution in [0, 0.1) is 11.7 Å². The summed E-state index contributed by atoms with van der Waals surface area (Å²) in [6, 6.07) is 6.84. The molecule has 0 aliphatic carbocycles. The maximum absolute atomic E-state index is 13.5. The molecule has 2 atom stereocenters. The van der Waals surface area contributed by atoms with Gasteiger partial charge in [-0.05, 0) is 38.2 Å². The summed E-state index contributed by atoms with van der Waals surface area (Å²) in [7, 11) is 7.83. The molecule has 0 spiro atoms. The molecule has 0 aromatic heterocycles. The number of guanidine groups is 1. The van der Waals surface area contributed by atoms with Crippen LogP contribution in [0.5, 0.6) is 0 Å². The van der Waals surface area contributed by atoms with E-state index >= 15 is 0 Å². The number of halogens is 1. The van der Waals surface area contributed by atoms with Crippen LogP contribution in [-0.2, 0) is 4.74 Å². The average Bonchev–Trinajstić information content (AvgIpc) is 3.04. The first-order valence-electron chi connectivity index (χ1n) is 8.42. The zero-order chi connectivity index (χ0) is 17.5. The molecule has 1 fully saturated rings. The highest BCUT2D eigenvalue weighted by Crippen LogP contribution is 2.18. The molecule has 1 N–H and O–H groups in total. The van der Waals surface area contributed by atoms with E-state index in [0.29, 0.717) is 12.5 Å². The Labute approximate surface area is 144 Å². The van der Waals surface area contributed by atoms with E-state index in [1.165, 1.54) is 6.07 Å². The Hall–Kier alpha value is -1.66. The zero-order valence-corrected chi connectivity index (χ0v) is 15.1. The topological polar surface area (TPSA) is 40.1 Å². The third kappa shape index (κ3) is 5.18. The van der Waals surface area contributed by atoms with Crippen LogP contribution in [0.1, 0.15) is 18.0 Å². The van der Waals surface area contributed by atoms with E-state index in [9.17, 15) is 4.39 Å². The van der Waals surface area contributed by atoms with E-state index in [1.807, 2.05) is 27.2 Å². The normalized spacial score (nSPS) is 19.6. The molecule has 0 bridgehead atoms. The maximum Gasteiger partial charge on any atom is 0.193 e. The number of likely N-dealkylation sites (N-methyl/N-ethyl adjacent to an activating group) is 1. The molecule has 134 valence electrons. The van der Waals surface area contributed by atoms with Crippen molar-refractivity contribution in [2.75, 3.05) is 54.5 Å². The quantitative estimate of drug-likeness (QED) is 0.637. The molecule has 1 heterocycles. The Kier molecular flexibility index (Phi) is 6.99. The molecule has 6 heteroatoms. The monoisotopic (exact) mass is 336 g/mol. The summed E-state index contributed by atoms with van der Waals surface area (Å²) < 4.78 is 19.0. The van der Waals surface area contributed by atoms with Crippen molar-refractivity contribution in [3.8, 4) is 0 Å². The number of ether oxygens (including phenoxy) is 1. The maximum atomic E-state index is 13.5. The first-order valence-corrected chi connectivity index (χ1v) is 8.42. The lowest BCUT2D eigenvalue weighted by Crippen LogP contribution is -2.44. The highest BCUT2D eigenvalue weighted by atomic mass is 19.1. The van der Waals surface area contributed by atoms with E-state index in [2.05, 4.69) is 20.1 Å². The van der Waals surface area contributed by atoms with Crippen molar-refractivity contribution in [3.05, 3.63) is 35.6 Å². The predicted molar refractivity (Wildman–Crippen MR) is 95.7 cm³/mol. The minimum absolute atomic E-state index is 0.0701. The third-order valence-electron chi connectivity index (χ3n) is 4.44. The molecule has 2 rings (SSSR count). The number of hydrogen-bond acceptors (Lipinski definition) is 3. The second-order valence-electron chi connectivity index (χ2n) is 6.57. The fraction of sp³-hybridized carbons (Fsp3) is 0.611. The van der Waals surface area contributed by atoms with E-state index < -0.39 is 0 Å². The Bertz CT molecular complexity index is 544. The van der Waals surface area contributed by atoms with Crippen molar-refractivity contribution in [2.24, 2.45) is 10.9 Å². The van der Waals surface area contributed by atoms with Crippen molar-refractivity contribution < 1.29 is 9.13 Å². The first kappa shape index (κ1) is 18.7. The molecule has 0 amide bonds. The van der Waals surface area contributed by atoms with Gasteiger partial charge in [-0.2, -0.15) is 0 Å². The highest BCUT2D eigenvalue weighted by molar-refractivity contribution is 5.79. The van der Waals surface area contributed by atoms with Gasteiger partial charge in [0.25, 0.3) is 0 Å². The Balaban J connectivity index is 1.96. The summed E-state index contributed by atoms with van der Waals surface area (Å²) in [6.07, 6.45) is 1.10. The molecule has 2 unspecified atom stereocenters. The van der Waals surface area contributed by atoms with Crippen LogP contribution >= 0.6 is 0 Å². The molecule has 1 saturated heterocycles. The van der Waals surface area contributed by atoms with Gasteiger partial charge in [-0.25, -0.2) is 4.39 Å². The number of nitrogens with zero attached hydrogens (tertiary/aromatic N) is 3. The number of aliphatic imine (C=N–C) groups is 1. The minimum Gasteiger partial charge on any atom is -0.381 e. The van der Waals surface area contributed by atoms with Crippen molar-refractivity contribution in [1.82, 2.24) is 15.1 Å². The van der Waals surface area contributed by atoms with Crippen molar-refractivity contribution in [3.63, 3.8) is 0 Å². The van der Waals surface area contributed by atoms with Gasteiger partial charge >= 0.3 is 0 Å². The summed E-state index contributed by atoms with van der Waals surface area (Å²) >= 11 is 0. The molecule has 24 heavy (non-hydrogen) atoms. The average molecular weight is 336 g/mol. The van der Waals surface area contributed by atoms with E-state index in [-0.39, 0.29) is 11.9 Å². The van der Waals surface area contributed by atoms with Gasteiger partial charge in [-0.3, -0.25) is 4.99 Å². The third-order valence-corrected chi connectivity index (χ3v) is 4.44. The number of benzene rings is 1. The van der Waals surface area contributed by atoms with Gasteiger partial charge in [0.1, 0.15) is 5.82 Å². The van der Waals surface area contributed by atoms with Crippen LogP contribution in [0.15, 0.2) is 29.3 Å². The Morgan fingerprint density at radius 3 is 2.79 bits per heavy atom. The fourth-order valence-corrected chi connectivity index (χ4v) is 3.09. The summed E-state index contributed by atoms with van der Waals surface area (Å²) in [5.41, 5.74) is 0.954. The Morgan fingerprint density at radius 1 is 1.42 bits per heavy atom. The van der Waals surface area contributed by atoms with Crippen molar-refractivity contribution in [2.45, 2.75) is 12.5 Å². The zero-order valence-electron chi connectivity index (χ0n) is 15.1. The van der Waals surface area contributed by atoms with Gasteiger partial charge in [0.15, 0.2) is 5.96 Å². The highest BCUT2D eigenvalue weighted by Gasteiger charge is 2.20. The smallest absolute Gasteiger partial charge is 0.193 e. The van der Waals surface area contributed by atoms with Crippen LogP contribution in [-0.4, -0.2) is 70.3 Å². The minimum atomic E-state index is -0.206. The van der Waals surface area contributed by atoms with E-state index in [1.54, 1.807) is 19.2 Å². The second kappa shape index (κ2) is 8.99. The summed E-state index contributed by atoms with van der Waals surface area (Å²) in [4.78, 5) is 8.59. The van der Waals surface area contributed by atoms with Crippen LogP contribution in [0.4, 0.5) is 4.39 Å². The number of nitrogens with one attached hydrogen (secondary N) is 1. The fourth-order valence-electron chi connectivity index (χ4n) is 3.09. The Morgan fingerprint density at radius 2 is 2.21 bits per heavy atom. The first-order chi connectivity index (χ1) is 11.5. The largest absolute Gasteiger partial charge is 0.381 e. The van der Waals surface area contributed by atoms with Crippen molar-refractivity contribution >= 4 is 5.96 Å². The summed E-state index contributed by atoms with van der Waals surface area (Å²) in [5.74, 6) is 1.20. The van der Waals surface area contributed by atoms with Gasteiger partial charge in [0.2, 0.25) is 0 Å². The second-order valence-corrected chi connectivity index (χ2v) is 6.57. The molecule has 5 nitrogen and oxygen atoms in total.